The Kier molecular flexibility index (Phi) is 55.5. The van der Waals surface area contributed by atoms with Gasteiger partial charge in [-0.2, -0.15) is 0 Å². The molecule has 0 aliphatic rings. The molecule has 0 saturated carbocycles. The van der Waals surface area contributed by atoms with Gasteiger partial charge in [-0.1, -0.05) is 282 Å². The van der Waals surface area contributed by atoms with Gasteiger partial charge < -0.3 is 20.3 Å². The van der Waals surface area contributed by atoms with Crippen LogP contribution in [0.1, 0.15) is 328 Å². The van der Waals surface area contributed by atoms with Crippen molar-refractivity contribution in [1.29, 1.82) is 0 Å². The van der Waals surface area contributed by atoms with E-state index >= 15 is 0 Å². The van der Waals surface area contributed by atoms with Gasteiger partial charge in [0.25, 0.3) is 0 Å². The summed E-state index contributed by atoms with van der Waals surface area (Å²) in [6, 6.07) is -0.541. The second-order valence-electron chi connectivity index (χ2n) is 20.7. The second-order valence-corrected chi connectivity index (χ2v) is 20.7. The molecule has 6 nitrogen and oxygen atoms in total. The molecule has 2 atom stereocenters. The Labute approximate surface area is 418 Å². The highest BCUT2D eigenvalue weighted by Crippen LogP contribution is 2.17. The topological polar surface area (TPSA) is 95.9 Å². The Bertz CT molecular complexity index is 1040. The minimum absolute atomic E-state index is 0.0129. The van der Waals surface area contributed by atoms with Gasteiger partial charge in [-0.3, -0.25) is 9.59 Å². The lowest BCUT2D eigenvalue weighted by Crippen LogP contribution is -2.45. The molecule has 0 spiro atoms. The first-order valence-corrected chi connectivity index (χ1v) is 30.1. The molecular formula is C61H117NO5. The van der Waals surface area contributed by atoms with Crippen LogP contribution in [0.15, 0.2) is 24.3 Å². The average molecular weight is 945 g/mol. The summed E-state index contributed by atoms with van der Waals surface area (Å²) in [5, 5.41) is 23.1. The lowest BCUT2D eigenvalue weighted by Gasteiger charge is -2.22. The number of aliphatic hydroxyl groups excluding tert-OH is 2. The summed E-state index contributed by atoms with van der Waals surface area (Å²) in [5.41, 5.74) is 0. The predicted octanol–water partition coefficient (Wildman–Crippen LogP) is 18.6. The minimum Gasteiger partial charge on any atom is -0.466 e. The van der Waals surface area contributed by atoms with Gasteiger partial charge in [0, 0.05) is 12.8 Å². The molecule has 0 aliphatic carbocycles. The minimum atomic E-state index is -0.663. The van der Waals surface area contributed by atoms with E-state index in [1.54, 1.807) is 0 Å². The molecule has 0 radical (unpaired) electrons. The van der Waals surface area contributed by atoms with Crippen LogP contribution in [0.3, 0.4) is 0 Å². The average Bonchev–Trinajstić information content (AvgIpc) is 3.33. The van der Waals surface area contributed by atoms with E-state index in [2.05, 4.69) is 43.5 Å². The predicted molar refractivity (Wildman–Crippen MR) is 292 cm³/mol. The van der Waals surface area contributed by atoms with Crippen LogP contribution in [0.5, 0.6) is 0 Å². The number of hydrogen-bond donors (Lipinski definition) is 3. The normalized spacial score (nSPS) is 12.7. The van der Waals surface area contributed by atoms with Gasteiger partial charge in [-0.05, 0) is 57.8 Å². The first kappa shape index (κ1) is 65.3. The summed E-state index contributed by atoms with van der Waals surface area (Å²) in [6.07, 6.45) is 69.1. The fourth-order valence-electron chi connectivity index (χ4n) is 9.38. The maximum atomic E-state index is 12.4. The Morgan fingerprint density at radius 3 is 1.13 bits per heavy atom. The third-order valence-electron chi connectivity index (χ3n) is 14.0. The van der Waals surface area contributed by atoms with Gasteiger partial charge in [0.1, 0.15) is 0 Å². The number of allylic oxidation sites excluding steroid dienone is 4. The van der Waals surface area contributed by atoms with E-state index in [0.717, 1.165) is 44.9 Å². The van der Waals surface area contributed by atoms with Crippen molar-refractivity contribution in [2.45, 2.75) is 341 Å². The van der Waals surface area contributed by atoms with E-state index in [9.17, 15) is 19.8 Å². The van der Waals surface area contributed by atoms with Crippen LogP contribution >= 0.6 is 0 Å². The highest BCUT2D eigenvalue weighted by atomic mass is 16.5. The summed E-state index contributed by atoms with van der Waals surface area (Å²) >= 11 is 0. The monoisotopic (exact) mass is 944 g/mol. The van der Waals surface area contributed by atoms with Crippen molar-refractivity contribution in [1.82, 2.24) is 5.32 Å². The van der Waals surface area contributed by atoms with Crippen molar-refractivity contribution in [3.8, 4) is 0 Å². The summed E-state index contributed by atoms with van der Waals surface area (Å²) in [7, 11) is 0. The molecule has 6 heteroatoms. The number of unbranched alkanes of at least 4 members (excludes halogenated alkanes) is 41. The molecule has 0 bridgehead atoms. The van der Waals surface area contributed by atoms with Crippen molar-refractivity contribution < 1.29 is 24.5 Å². The maximum absolute atomic E-state index is 12.4. The molecule has 67 heavy (non-hydrogen) atoms. The second kappa shape index (κ2) is 56.9. The quantitative estimate of drug-likeness (QED) is 0.0321. The molecule has 0 aliphatic heterocycles. The van der Waals surface area contributed by atoms with Gasteiger partial charge in [0.05, 0.1) is 25.4 Å². The van der Waals surface area contributed by atoms with E-state index in [1.807, 2.05) is 0 Å². The molecule has 0 rings (SSSR count). The molecule has 3 N–H and O–H groups in total. The van der Waals surface area contributed by atoms with Gasteiger partial charge in [-0.25, -0.2) is 0 Å². The van der Waals surface area contributed by atoms with Crippen LogP contribution < -0.4 is 5.32 Å². The first-order valence-electron chi connectivity index (χ1n) is 30.1. The highest BCUT2D eigenvalue weighted by Gasteiger charge is 2.20. The standard InChI is InChI=1S/C61H117NO5/c1-3-5-7-9-11-13-14-15-32-35-39-43-47-51-55-61(66)67-56-52-48-44-40-36-33-30-28-26-24-22-20-18-16-17-19-21-23-25-27-29-31-34-38-42-46-50-54-60(65)62-58(57-63)59(64)53-49-45-41-37-12-10-8-6-4-2/h16-17,20,22,58-59,63-64H,3-15,18-19,21,23-57H2,1-2H3,(H,62,65)/b17-16-,22-20-. The van der Waals surface area contributed by atoms with Crippen molar-refractivity contribution in [3.05, 3.63) is 24.3 Å². The fourth-order valence-corrected chi connectivity index (χ4v) is 9.38. The Hall–Kier alpha value is -1.66. The number of carbonyl (C=O) groups excluding carboxylic acids is 2. The summed E-state index contributed by atoms with van der Waals surface area (Å²) in [4.78, 5) is 24.4. The smallest absolute Gasteiger partial charge is 0.305 e. The molecule has 396 valence electrons. The van der Waals surface area contributed by atoms with Crippen LogP contribution in [0.25, 0.3) is 0 Å². The van der Waals surface area contributed by atoms with Crippen molar-refractivity contribution >= 4 is 11.9 Å². The molecule has 0 aromatic carbocycles. The lowest BCUT2D eigenvalue weighted by atomic mass is 10.0. The molecule has 2 unspecified atom stereocenters. The largest absolute Gasteiger partial charge is 0.466 e. The molecule has 0 aromatic heterocycles. The van der Waals surface area contributed by atoms with Gasteiger partial charge in [-0.15, -0.1) is 0 Å². The zero-order chi connectivity index (χ0) is 48.6. The summed E-state index contributed by atoms with van der Waals surface area (Å²) in [5.74, 6) is -0.0269. The van der Waals surface area contributed by atoms with E-state index in [1.165, 1.54) is 250 Å². The van der Waals surface area contributed by atoms with E-state index in [4.69, 9.17) is 4.74 Å². The number of aliphatic hydroxyl groups is 2. The number of esters is 1. The van der Waals surface area contributed by atoms with Crippen molar-refractivity contribution in [2.75, 3.05) is 13.2 Å². The molecule has 0 heterocycles. The van der Waals surface area contributed by atoms with Crippen LogP contribution in [0.4, 0.5) is 0 Å². The Morgan fingerprint density at radius 2 is 0.746 bits per heavy atom. The first-order chi connectivity index (χ1) is 33.0. The van der Waals surface area contributed by atoms with Crippen molar-refractivity contribution in [3.63, 3.8) is 0 Å². The molecule has 0 aromatic rings. The SMILES string of the molecule is CCCCCCCCCCCCCCCCC(=O)OCCCCCCCCCCC/C=C\C/C=C\CCCCCCCCCCCCCC(=O)NC(CO)C(O)CCCCCCCCCCC. The zero-order valence-electron chi connectivity index (χ0n) is 45.1. The van der Waals surface area contributed by atoms with E-state index in [0.29, 0.717) is 25.9 Å². The van der Waals surface area contributed by atoms with Crippen molar-refractivity contribution in [2.24, 2.45) is 0 Å². The highest BCUT2D eigenvalue weighted by molar-refractivity contribution is 5.76. The van der Waals surface area contributed by atoms with E-state index < -0.39 is 12.1 Å². The van der Waals surface area contributed by atoms with Crippen LogP contribution in [0, 0.1) is 0 Å². The number of rotatable bonds is 56. The summed E-state index contributed by atoms with van der Waals surface area (Å²) in [6.45, 7) is 4.94. The molecule has 0 saturated heterocycles. The fraction of sp³-hybridized carbons (Fsp3) is 0.902. The number of ether oxygens (including phenoxy) is 1. The summed E-state index contributed by atoms with van der Waals surface area (Å²) < 4.78 is 5.48. The third-order valence-corrected chi connectivity index (χ3v) is 14.0. The lowest BCUT2D eigenvalue weighted by molar-refractivity contribution is -0.143. The number of amides is 1. The third kappa shape index (κ3) is 53.5. The maximum Gasteiger partial charge on any atom is 0.305 e. The van der Waals surface area contributed by atoms with Crippen LogP contribution in [0.2, 0.25) is 0 Å². The van der Waals surface area contributed by atoms with Gasteiger partial charge in [0.15, 0.2) is 0 Å². The van der Waals surface area contributed by atoms with Gasteiger partial charge >= 0.3 is 5.97 Å². The number of nitrogens with one attached hydrogen (secondary N) is 1. The Morgan fingerprint density at radius 1 is 0.418 bits per heavy atom. The zero-order valence-corrected chi connectivity index (χ0v) is 45.1. The number of hydrogen-bond acceptors (Lipinski definition) is 5. The molecule has 0 fully saturated rings. The van der Waals surface area contributed by atoms with E-state index in [-0.39, 0.29) is 18.5 Å². The number of carbonyl (C=O) groups is 2. The Balaban J connectivity index is 3.38. The molecule has 1 amide bonds. The van der Waals surface area contributed by atoms with Crippen LogP contribution in [-0.2, 0) is 14.3 Å². The van der Waals surface area contributed by atoms with Gasteiger partial charge in [0.2, 0.25) is 5.91 Å². The van der Waals surface area contributed by atoms with Crippen LogP contribution in [-0.4, -0.2) is 47.4 Å². The molecular weight excluding hydrogens is 827 g/mol.